The summed E-state index contributed by atoms with van der Waals surface area (Å²) in [6, 6.07) is 12.0. The quantitative estimate of drug-likeness (QED) is 0.257. The Morgan fingerprint density at radius 1 is 0.946 bits per heavy atom. The number of rotatable bonds is 10. The van der Waals surface area contributed by atoms with E-state index in [1.54, 1.807) is 31.3 Å². The molecule has 0 atom stereocenters. The molecule has 0 bridgehead atoms. The zero-order valence-electron chi connectivity index (χ0n) is 22.5. The van der Waals surface area contributed by atoms with Crippen LogP contribution in [0.4, 0.5) is 11.4 Å². The molecule has 0 aliphatic heterocycles. The van der Waals surface area contributed by atoms with Gasteiger partial charge in [-0.2, -0.15) is 5.10 Å². The predicted octanol–water partition coefficient (Wildman–Crippen LogP) is 6.19. The van der Waals surface area contributed by atoms with Crippen LogP contribution in [0.1, 0.15) is 20.8 Å². The van der Waals surface area contributed by atoms with Crippen LogP contribution in [0, 0.1) is 0 Å². The standard InChI is InChI=1S/C27H30N6O2.C2H6/c1-6-10-32(7-2)11-12-33(22-13-23(34-4)16-24(14-22)35-5)21-8-9-25-26(15-21)30-27(18-28-25)20-17-29-31(3)19-20;1-2/h6-10,13-19H,2,11-12H2,1,3-5H3;1-2H3/b10-6-;. The first-order valence-corrected chi connectivity index (χ1v) is 12.3. The van der Waals surface area contributed by atoms with Crippen molar-refractivity contribution < 1.29 is 9.47 Å². The summed E-state index contributed by atoms with van der Waals surface area (Å²) in [5.74, 6) is 1.44. The normalized spacial score (nSPS) is 10.6. The lowest BCUT2D eigenvalue weighted by Crippen LogP contribution is -2.27. The first-order chi connectivity index (χ1) is 18.0. The molecule has 2 aromatic heterocycles. The number of allylic oxidation sites excluding steroid dienone is 1. The second-order valence-electron chi connectivity index (χ2n) is 7.96. The molecule has 2 aromatic carbocycles. The lowest BCUT2D eigenvalue weighted by atomic mass is 10.2. The maximum atomic E-state index is 5.53. The van der Waals surface area contributed by atoms with Gasteiger partial charge in [0, 0.05) is 61.5 Å². The second-order valence-corrected chi connectivity index (χ2v) is 7.96. The Hall–Kier alpha value is -4.33. The molecule has 4 rings (SSSR count). The number of ether oxygens (including phenoxy) is 2. The molecule has 0 amide bonds. The van der Waals surface area contributed by atoms with Gasteiger partial charge in [-0.1, -0.05) is 26.5 Å². The summed E-state index contributed by atoms with van der Waals surface area (Å²) in [7, 11) is 5.19. The number of methoxy groups -OCH3 is 2. The number of fused-ring (bicyclic) bond motifs is 1. The van der Waals surface area contributed by atoms with Gasteiger partial charge in [0.1, 0.15) is 11.5 Å². The molecule has 194 valence electrons. The molecule has 0 aliphatic rings. The van der Waals surface area contributed by atoms with E-state index in [9.17, 15) is 0 Å². The maximum absolute atomic E-state index is 5.53. The summed E-state index contributed by atoms with van der Waals surface area (Å²) in [5.41, 5.74) is 5.26. The van der Waals surface area contributed by atoms with Gasteiger partial charge >= 0.3 is 0 Å². The number of hydrogen-bond donors (Lipinski definition) is 0. The molecule has 0 radical (unpaired) electrons. The average molecular weight is 501 g/mol. The van der Waals surface area contributed by atoms with E-state index in [1.807, 2.05) is 81.7 Å². The van der Waals surface area contributed by atoms with E-state index in [0.29, 0.717) is 6.54 Å². The molecule has 4 aromatic rings. The van der Waals surface area contributed by atoms with Crippen molar-refractivity contribution in [3.05, 3.63) is 80.0 Å². The molecule has 37 heavy (non-hydrogen) atoms. The van der Waals surface area contributed by atoms with Gasteiger partial charge in [-0.25, -0.2) is 4.98 Å². The second kappa shape index (κ2) is 13.1. The van der Waals surface area contributed by atoms with E-state index in [4.69, 9.17) is 14.5 Å². The first-order valence-electron chi connectivity index (χ1n) is 12.3. The van der Waals surface area contributed by atoms with E-state index in [1.165, 1.54) is 0 Å². The van der Waals surface area contributed by atoms with Crippen LogP contribution in [0.3, 0.4) is 0 Å². The lowest BCUT2D eigenvalue weighted by molar-refractivity contribution is 0.394. The van der Waals surface area contributed by atoms with Crippen molar-refractivity contribution in [2.45, 2.75) is 20.8 Å². The van der Waals surface area contributed by atoms with Crippen molar-refractivity contribution >= 4 is 22.4 Å². The van der Waals surface area contributed by atoms with Crippen LogP contribution in [0.2, 0.25) is 0 Å². The summed E-state index contributed by atoms with van der Waals surface area (Å²) in [5, 5.41) is 4.25. The Bertz CT molecular complexity index is 1330. The zero-order chi connectivity index (χ0) is 26.8. The van der Waals surface area contributed by atoms with Crippen LogP contribution in [-0.2, 0) is 7.05 Å². The molecule has 0 aliphatic carbocycles. The van der Waals surface area contributed by atoms with Gasteiger partial charge in [0.2, 0.25) is 0 Å². The van der Waals surface area contributed by atoms with Crippen LogP contribution in [0.25, 0.3) is 22.3 Å². The Labute approximate surface area is 219 Å². The average Bonchev–Trinajstić information content (AvgIpc) is 3.39. The summed E-state index contributed by atoms with van der Waals surface area (Å²) in [4.78, 5) is 13.8. The molecular formula is C29H36N6O2. The highest BCUT2D eigenvalue weighted by Crippen LogP contribution is 2.34. The third-order valence-corrected chi connectivity index (χ3v) is 5.64. The molecule has 8 nitrogen and oxygen atoms in total. The van der Waals surface area contributed by atoms with Gasteiger partial charge in [-0.05, 0) is 37.5 Å². The third-order valence-electron chi connectivity index (χ3n) is 5.64. The van der Waals surface area contributed by atoms with Gasteiger partial charge in [0.25, 0.3) is 0 Å². The lowest BCUT2D eigenvalue weighted by Gasteiger charge is -2.28. The number of aromatic nitrogens is 4. The SMILES string of the molecule is C=CN(/C=C\C)CCN(c1cc(OC)cc(OC)c1)c1ccc2ncc(-c3cnn(C)c3)nc2c1.CC. The molecule has 0 unspecified atom stereocenters. The van der Waals surface area contributed by atoms with Gasteiger partial charge in [-0.3, -0.25) is 9.67 Å². The Balaban J connectivity index is 0.00000186. The molecule has 0 N–H and O–H groups in total. The van der Waals surface area contributed by atoms with Crippen molar-refractivity contribution in [2.24, 2.45) is 7.05 Å². The summed E-state index contributed by atoms with van der Waals surface area (Å²) >= 11 is 0. The van der Waals surface area contributed by atoms with Gasteiger partial charge in [0.15, 0.2) is 0 Å². The van der Waals surface area contributed by atoms with E-state index in [0.717, 1.165) is 51.7 Å². The smallest absolute Gasteiger partial charge is 0.124 e. The van der Waals surface area contributed by atoms with Crippen LogP contribution in [0.15, 0.2) is 80.0 Å². The van der Waals surface area contributed by atoms with E-state index >= 15 is 0 Å². The minimum absolute atomic E-state index is 0.688. The van der Waals surface area contributed by atoms with E-state index in [-0.39, 0.29) is 0 Å². The van der Waals surface area contributed by atoms with E-state index in [2.05, 4.69) is 33.7 Å². The summed E-state index contributed by atoms with van der Waals surface area (Å²) < 4.78 is 12.8. The molecule has 0 spiro atoms. The molecule has 8 heteroatoms. The monoisotopic (exact) mass is 500 g/mol. The Morgan fingerprint density at radius 3 is 2.27 bits per heavy atom. The van der Waals surface area contributed by atoms with Gasteiger partial charge < -0.3 is 19.3 Å². The fourth-order valence-corrected chi connectivity index (χ4v) is 3.85. The zero-order valence-corrected chi connectivity index (χ0v) is 22.5. The van der Waals surface area contributed by atoms with Crippen molar-refractivity contribution in [2.75, 3.05) is 32.2 Å². The van der Waals surface area contributed by atoms with Crippen molar-refractivity contribution in [3.63, 3.8) is 0 Å². The van der Waals surface area contributed by atoms with Crippen LogP contribution in [0.5, 0.6) is 11.5 Å². The summed E-state index contributed by atoms with van der Waals surface area (Å²) in [6.07, 6.45) is 11.3. The summed E-state index contributed by atoms with van der Waals surface area (Å²) in [6.45, 7) is 11.3. The third kappa shape index (κ3) is 6.67. The molecule has 0 saturated heterocycles. The number of hydrogen-bond acceptors (Lipinski definition) is 7. The van der Waals surface area contributed by atoms with Gasteiger partial charge in [0.05, 0.1) is 43.3 Å². The maximum Gasteiger partial charge on any atom is 0.124 e. The largest absolute Gasteiger partial charge is 0.497 e. The Morgan fingerprint density at radius 2 is 1.68 bits per heavy atom. The van der Waals surface area contributed by atoms with Crippen molar-refractivity contribution in [3.8, 4) is 22.8 Å². The van der Waals surface area contributed by atoms with Crippen molar-refractivity contribution in [1.29, 1.82) is 0 Å². The van der Waals surface area contributed by atoms with Crippen molar-refractivity contribution in [1.82, 2.24) is 24.6 Å². The fraction of sp³-hybridized carbons (Fsp3) is 0.276. The van der Waals surface area contributed by atoms with Crippen LogP contribution in [-0.4, -0.2) is 52.0 Å². The molecular weight excluding hydrogens is 464 g/mol. The Kier molecular flexibility index (Phi) is 9.66. The number of aryl methyl sites for hydroxylation is 1. The highest BCUT2D eigenvalue weighted by Gasteiger charge is 2.15. The number of anilines is 2. The first kappa shape index (κ1) is 27.3. The topological polar surface area (TPSA) is 68.5 Å². The fourth-order valence-electron chi connectivity index (χ4n) is 3.85. The van der Waals surface area contributed by atoms with Crippen LogP contribution < -0.4 is 14.4 Å². The molecule has 0 fully saturated rings. The molecule has 0 saturated carbocycles. The van der Waals surface area contributed by atoms with Crippen LogP contribution >= 0.6 is 0 Å². The minimum Gasteiger partial charge on any atom is -0.497 e. The van der Waals surface area contributed by atoms with Gasteiger partial charge in [-0.15, -0.1) is 0 Å². The minimum atomic E-state index is 0.688. The number of benzene rings is 2. The van der Waals surface area contributed by atoms with E-state index < -0.39 is 0 Å². The predicted molar refractivity (Wildman–Crippen MR) is 151 cm³/mol. The highest BCUT2D eigenvalue weighted by molar-refractivity contribution is 5.82. The molecule has 2 heterocycles. The highest BCUT2D eigenvalue weighted by atomic mass is 16.5. The number of nitrogens with zero attached hydrogens (tertiary/aromatic N) is 6.